The van der Waals surface area contributed by atoms with Crippen LogP contribution in [0.2, 0.25) is 0 Å². The highest BCUT2D eigenvalue weighted by Gasteiger charge is 2.10. The molecule has 5 nitrogen and oxygen atoms in total. The topological polar surface area (TPSA) is 83.5 Å². The monoisotopic (exact) mass is 363 g/mol. The molecule has 6 heteroatoms. The van der Waals surface area contributed by atoms with Crippen molar-refractivity contribution < 1.29 is 18.3 Å². The number of unbranched alkanes of at least 4 members (excludes halogenated alkanes) is 13. The highest BCUT2D eigenvalue weighted by Crippen LogP contribution is 2.13. The van der Waals surface area contributed by atoms with E-state index < -0.39 is 22.5 Å². The van der Waals surface area contributed by atoms with Crippen molar-refractivity contribution in [3.05, 3.63) is 0 Å². The first-order valence-corrected chi connectivity index (χ1v) is 11.3. The van der Waals surface area contributed by atoms with Gasteiger partial charge in [0.05, 0.1) is 5.75 Å². The van der Waals surface area contributed by atoms with E-state index in [1.807, 2.05) is 0 Å². The second-order valence-corrected chi connectivity index (χ2v) is 8.56. The molecule has 0 rings (SSSR count). The first-order chi connectivity index (χ1) is 11.5. The van der Waals surface area contributed by atoms with E-state index in [1.165, 1.54) is 70.6 Å². The largest absolute Gasteiger partial charge is 0.480 e. The van der Waals surface area contributed by atoms with Crippen LogP contribution in [-0.4, -0.2) is 31.8 Å². The maximum atomic E-state index is 11.5. The van der Waals surface area contributed by atoms with Crippen molar-refractivity contribution in [1.29, 1.82) is 0 Å². The normalized spacial score (nSPS) is 11.7. The lowest BCUT2D eigenvalue weighted by Gasteiger charge is -2.05. The van der Waals surface area contributed by atoms with Crippen molar-refractivity contribution in [2.75, 3.05) is 12.3 Å². The number of sulfonamides is 1. The Kier molecular flexibility index (Phi) is 15.5. The Morgan fingerprint density at radius 1 is 0.750 bits per heavy atom. The molecule has 0 aliphatic heterocycles. The molecule has 0 aliphatic rings. The first kappa shape index (κ1) is 23.4. The summed E-state index contributed by atoms with van der Waals surface area (Å²) in [7, 11) is -3.42. The van der Waals surface area contributed by atoms with Gasteiger partial charge in [-0.15, -0.1) is 0 Å². The van der Waals surface area contributed by atoms with Gasteiger partial charge < -0.3 is 5.11 Å². The summed E-state index contributed by atoms with van der Waals surface area (Å²) in [5, 5.41) is 8.44. The predicted molar refractivity (Wildman–Crippen MR) is 99.7 cm³/mol. The molecule has 0 unspecified atom stereocenters. The number of carbonyl (C=O) groups is 1. The highest BCUT2D eigenvalue weighted by molar-refractivity contribution is 7.89. The van der Waals surface area contributed by atoms with Crippen LogP contribution in [0.5, 0.6) is 0 Å². The van der Waals surface area contributed by atoms with E-state index in [2.05, 4.69) is 11.6 Å². The zero-order valence-electron chi connectivity index (χ0n) is 15.4. The lowest BCUT2D eigenvalue weighted by atomic mass is 10.0. The van der Waals surface area contributed by atoms with Crippen molar-refractivity contribution in [3.63, 3.8) is 0 Å². The fourth-order valence-electron chi connectivity index (χ4n) is 2.73. The molecule has 2 N–H and O–H groups in total. The molecule has 0 aromatic heterocycles. The highest BCUT2D eigenvalue weighted by atomic mass is 32.2. The van der Waals surface area contributed by atoms with Crippen molar-refractivity contribution >= 4 is 16.0 Å². The number of carboxylic acid groups (broad SMARTS) is 1. The van der Waals surface area contributed by atoms with Crippen LogP contribution in [0.15, 0.2) is 0 Å². The maximum Gasteiger partial charge on any atom is 0.318 e. The molecule has 0 radical (unpaired) electrons. The minimum absolute atomic E-state index is 0.0261. The van der Waals surface area contributed by atoms with Crippen molar-refractivity contribution in [2.24, 2.45) is 0 Å². The van der Waals surface area contributed by atoms with Gasteiger partial charge in [0.2, 0.25) is 10.0 Å². The van der Waals surface area contributed by atoms with E-state index in [4.69, 9.17) is 5.11 Å². The molecule has 0 amide bonds. The fourth-order valence-corrected chi connectivity index (χ4v) is 3.80. The number of nitrogens with one attached hydrogen (secondary N) is 1. The second-order valence-electron chi connectivity index (χ2n) is 6.63. The van der Waals surface area contributed by atoms with Gasteiger partial charge in [-0.1, -0.05) is 90.4 Å². The summed E-state index contributed by atoms with van der Waals surface area (Å²) in [6, 6.07) is 0. The van der Waals surface area contributed by atoms with E-state index in [9.17, 15) is 13.2 Å². The van der Waals surface area contributed by atoms with Gasteiger partial charge in [-0.25, -0.2) is 13.1 Å². The smallest absolute Gasteiger partial charge is 0.318 e. The zero-order chi connectivity index (χ0) is 18.1. The minimum Gasteiger partial charge on any atom is -0.480 e. The summed E-state index contributed by atoms with van der Waals surface area (Å²) < 4.78 is 25.0. The summed E-state index contributed by atoms with van der Waals surface area (Å²) in [6.07, 6.45) is 17.1. The number of aliphatic carboxylic acids is 1. The number of carboxylic acids is 1. The molecular formula is C18H37NO4S. The van der Waals surface area contributed by atoms with E-state index in [1.54, 1.807) is 0 Å². The van der Waals surface area contributed by atoms with Gasteiger partial charge in [0.15, 0.2) is 0 Å². The molecule has 0 aromatic carbocycles. The van der Waals surface area contributed by atoms with E-state index in [0.717, 1.165) is 12.8 Å². The van der Waals surface area contributed by atoms with Gasteiger partial charge in [0.25, 0.3) is 0 Å². The summed E-state index contributed by atoms with van der Waals surface area (Å²) in [4.78, 5) is 10.3. The molecule has 0 aliphatic carbocycles. The predicted octanol–water partition coefficient (Wildman–Crippen LogP) is 4.47. The van der Waals surface area contributed by atoms with Crippen LogP contribution in [0.25, 0.3) is 0 Å². The van der Waals surface area contributed by atoms with Crippen LogP contribution in [0.3, 0.4) is 0 Å². The van der Waals surface area contributed by atoms with Crippen LogP contribution < -0.4 is 4.72 Å². The summed E-state index contributed by atoms with van der Waals surface area (Å²) in [5.74, 6) is -1.13. The summed E-state index contributed by atoms with van der Waals surface area (Å²) >= 11 is 0. The Hall–Kier alpha value is -0.620. The van der Waals surface area contributed by atoms with Crippen LogP contribution >= 0.6 is 0 Å². The Labute approximate surface area is 148 Å². The second kappa shape index (κ2) is 15.9. The van der Waals surface area contributed by atoms with E-state index in [-0.39, 0.29) is 5.75 Å². The Balaban J connectivity index is 3.26. The molecule has 0 fully saturated rings. The lowest BCUT2D eigenvalue weighted by Crippen LogP contribution is -2.31. The molecule has 0 saturated heterocycles. The lowest BCUT2D eigenvalue weighted by molar-refractivity contribution is -0.135. The van der Waals surface area contributed by atoms with Gasteiger partial charge >= 0.3 is 5.97 Å². The SMILES string of the molecule is CCCCCCCCCCCCCCCCS(=O)(=O)NCC(=O)O. The molecule has 0 bridgehead atoms. The third-order valence-corrected chi connectivity index (χ3v) is 5.62. The van der Waals surface area contributed by atoms with Crippen molar-refractivity contribution in [2.45, 2.75) is 96.8 Å². The number of rotatable bonds is 18. The van der Waals surface area contributed by atoms with Crippen LogP contribution in [0, 0.1) is 0 Å². The average molecular weight is 364 g/mol. The minimum atomic E-state index is -3.42. The molecule has 144 valence electrons. The van der Waals surface area contributed by atoms with Gasteiger partial charge in [0, 0.05) is 0 Å². The zero-order valence-corrected chi connectivity index (χ0v) is 16.2. The van der Waals surface area contributed by atoms with E-state index >= 15 is 0 Å². The van der Waals surface area contributed by atoms with Crippen LogP contribution in [0.4, 0.5) is 0 Å². The van der Waals surface area contributed by atoms with Gasteiger partial charge in [-0.05, 0) is 6.42 Å². The number of hydrogen-bond acceptors (Lipinski definition) is 3. The van der Waals surface area contributed by atoms with Gasteiger partial charge in [0.1, 0.15) is 6.54 Å². The molecule has 0 aromatic rings. The molecule has 0 saturated carbocycles. The standard InChI is InChI=1S/C18H37NO4S/c1-2-3-4-5-6-7-8-9-10-11-12-13-14-15-16-24(22,23)19-17-18(20)21/h19H,2-17H2,1H3,(H,20,21). The average Bonchev–Trinajstić information content (AvgIpc) is 2.53. The quantitative estimate of drug-likeness (QED) is 0.352. The maximum absolute atomic E-state index is 11.5. The fraction of sp³-hybridized carbons (Fsp3) is 0.944. The van der Waals surface area contributed by atoms with Gasteiger partial charge in [-0.2, -0.15) is 0 Å². The molecule has 0 heterocycles. The Morgan fingerprint density at radius 2 is 1.12 bits per heavy atom. The third kappa shape index (κ3) is 17.7. The van der Waals surface area contributed by atoms with Gasteiger partial charge in [-0.3, -0.25) is 4.79 Å². The first-order valence-electron chi connectivity index (χ1n) is 9.67. The summed E-state index contributed by atoms with van der Waals surface area (Å²) in [6.45, 7) is 1.72. The van der Waals surface area contributed by atoms with E-state index in [0.29, 0.717) is 6.42 Å². The van der Waals surface area contributed by atoms with Crippen LogP contribution in [0.1, 0.15) is 96.8 Å². The molecule has 24 heavy (non-hydrogen) atoms. The molecule has 0 spiro atoms. The van der Waals surface area contributed by atoms with Crippen LogP contribution in [-0.2, 0) is 14.8 Å². The van der Waals surface area contributed by atoms with Crippen molar-refractivity contribution in [1.82, 2.24) is 4.72 Å². The Bertz CT molecular complexity index is 396. The Morgan fingerprint density at radius 3 is 1.50 bits per heavy atom. The number of hydrogen-bond donors (Lipinski definition) is 2. The third-order valence-electron chi connectivity index (χ3n) is 4.21. The summed E-state index contributed by atoms with van der Waals surface area (Å²) in [5.41, 5.74) is 0. The molecule has 0 atom stereocenters. The van der Waals surface area contributed by atoms with Crippen molar-refractivity contribution in [3.8, 4) is 0 Å². The molecular weight excluding hydrogens is 326 g/mol.